The highest BCUT2D eigenvalue weighted by molar-refractivity contribution is 6.23. The van der Waals surface area contributed by atoms with E-state index < -0.39 is 29.0 Å². The lowest BCUT2D eigenvalue weighted by atomic mass is 9.95. The molecule has 0 unspecified atom stereocenters. The number of nitrogens with zero attached hydrogens (tertiary/aromatic N) is 1. The molecule has 1 fully saturated rings. The van der Waals surface area contributed by atoms with Gasteiger partial charge < -0.3 is 5.73 Å². The molecule has 1 aromatic carbocycles. The third-order valence-corrected chi connectivity index (χ3v) is 4.92. The molecule has 0 radical (unpaired) electrons. The zero-order valence-electron chi connectivity index (χ0n) is 13.2. The molecule has 1 aliphatic heterocycles. The Kier molecular flexibility index (Phi) is 3.13. The van der Waals surface area contributed by atoms with Crippen molar-refractivity contribution in [2.75, 3.05) is 5.73 Å². The summed E-state index contributed by atoms with van der Waals surface area (Å²) in [5.74, 6) is -1.67. The van der Waals surface area contributed by atoms with Gasteiger partial charge in [-0.1, -0.05) is 12.1 Å². The van der Waals surface area contributed by atoms with Gasteiger partial charge in [0.05, 0.1) is 22.2 Å². The van der Waals surface area contributed by atoms with E-state index in [9.17, 15) is 27.6 Å². The van der Waals surface area contributed by atoms with Crippen molar-refractivity contribution >= 4 is 17.6 Å². The van der Waals surface area contributed by atoms with E-state index in [4.69, 9.17) is 5.73 Å². The van der Waals surface area contributed by atoms with Crippen molar-refractivity contribution in [2.45, 2.75) is 24.4 Å². The van der Waals surface area contributed by atoms with E-state index in [-0.39, 0.29) is 41.0 Å². The van der Waals surface area contributed by atoms with Gasteiger partial charge in [-0.15, -0.1) is 0 Å². The molecule has 1 saturated carbocycles. The predicted octanol–water partition coefficient (Wildman–Crippen LogP) is 1.90. The zero-order chi connectivity index (χ0) is 18.9. The Hall–Kier alpha value is -3.10. The first-order valence-corrected chi connectivity index (χ1v) is 7.74. The molecule has 3 N–H and O–H groups in total. The molecule has 2 amide bonds. The first kappa shape index (κ1) is 16.4. The maximum atomic E-state index is 13.2. The number of aromatic nitrogens is 1. The minimum Gasteiger partial charge on any atom is -0.384 e. The SMILES string of the molecule is Nc1c2c(cc(=O)n1-c1ccc(C3(C(F)(F)F)CC3)cc1)C(=O)NC2=O. The van der Waals surface area contributed by atoms with E-state index in [0.717, 1.165) is 10.6 Å². The molecule has 2 aliphatic rings. The van der Waals surface area contributed by atoms with Gasteiger partial charge in [0.15, 0.2) is 0 Å². The molecule has 0 saturated heterocycles. The molecule has 0 bridgehead atoms. The number of carbonyl (C=O) groups is 2. The quantitative estimate of drug-likeness (QED) is 0.797. The summed E-state index contributed by atoms with van der Waals surface area (Å²) >= 11 is 0. The molecule has 4 rings (SSSR count). The number of fused-ring (bicyclic) bond motifs is 1. The summed E-state index contributed by atoms with van der Waals surface area (Å²) in [4.78, 5) is 35.8. The molecule has 6 nitrogen and oxygen atoms in total. The largest absolute Gasteiger partial charge is 0.398 e. The fraction of sp³-hybridized carbons (Fsp3) is 0.235. The number of hydrogen-bond donors (Lipinski definition) is 2. The number of rotatable bonds is 2. The van der Waals surface area contributed by atoms with Crippen LogP contribution in [0.5, 0.6) is 0 Å². The van der Waals surface area contributed by atoms with Crippen molar-refractivity contribution in [3.63, 3.8) is 0 Å². The first-order valence-electron chi connectivity index (χ1n) is 7.74. The highest BCUT2D eigenvalue weighted by Crippen LogP contribution is 2.58. The Morgan fingerprint density at radius 3 is 2.19 bits per heavy atom. The van der Waals surface area contributed by atoms with Gasteiger partial charge in [0.1, 0.15) is 5.82 Å². The first-order chi connectivity index (χ1) is 12.2. The zero-order valence-corrected chi connectivity index (χ0v) is 13.2. The monoisotopic (exact) mass is 363 g/mol. The van der Waals surface area contributed by atoms with Gasteiger partial charge in [-0.2, -0.15) is 13.2 Å². The summed E-state index contributed by atoms with van der Waals surface area (Å²) in [6.45, 7) is 0. The maximum Gasteiger partial charge on any atom is 0.398 e. The van der Waals surface area contributed by atoms with E-state index in [2.05, 4.69) is 0 Å². The van der Waals surface area contributed by atoms with E-state index in [1.165, 1.54) is 24.3 Å². The van der Waals surface area contributed by atoms with Gasteiger partial charge in [0.2, 0.25) is 0 Å². The number of nitrogens with two attached hydrogens (primary N) is 1. The lowest BCUT2D eigenvalue weighted by Crippen LogP contribution is -2.28. The molecule has 0 spiro atoms. The van der Waals surface area contributed by atoms with Gasteiger partial charge in [0.25, 0.3) is 17.4 Å². The number of nitrogen functional groups attached to an aromatic ring is 1. The van der Waals surface area contributed by atoms with Crippen molar-refractivity contribution in [2.24, 2.45) is 0 Å². The molecule has 0 atom stereocenters. The Balaban J connectivity index is 1.81. The summed E-state index contributed by atoms with van der Waals surface area (Å²) in [6.07, 6.45) is -4.28. The highest BCUT2D eigenvalue weighted by Gasteiger charge is 2.64. The van der Waals surface area contributed by atoms with Crippen molar-refractivity contribution < 1.29 is 22.8 Å². The molecule has 9 heteroatoms. The highest BCUT2D eigenvalue weighted by atomic mass is 19.4. The molecule has 26 heavy (non-hydrogen) atoms. The van der Waals surface area contributed by atoms with Crippen LogP contribution in [-0.4, -0.2) is 22.6 Å². The van der Waals surface area contributed by atoms with Crippen LogP contribution in [0, 0.1) is 0 Å². The second kappa shape index (κ2) is 4.96. The number of pyridine rings is 1. The second-order valence-electron chi connectivity index (χ2n) is 6.40. The number of benzene rings is 1. The van der Waals surface area contributed by atoms with Crippen molar-refractivity contribution in [3.05, 3.63) is 57.4 Å². The van der Waals surface area contributed by atoms with Gasteiger partial charge >= 0.3 is 6.18 Å². The molecule has 2 aromatic rings. The van der Waals surface area contributed by atoms with E-state index in [1.807, 2.05) is 5.32 Å². The number of nitrogens with one attached hydrogen (secondary N) is 1. The van der Waals surface area contributed by atoms with Crippen LogP contribution in [0.2, 0.25) is 0 Å². The number of alkyl halides is 3. The van der Waals surface area contributed by atoms with Crippen LogP contribution in [-0.2, 0) is 5.41 Å². The summed E-state index contributed by atoms with van der Waals surface area (Å²) in [5, 5.41) is 2.05. The van der Waals surface area contributed by atoms with E-state index in [0.29, 0.717) is 0 Å². The molecular formula is C17H12F3N3O3. The van der Waals surface area contributed by atoms with Gasteiger partial charge in [-0.05, 0) is 30.5 Å². The normalized spacial score (nSPS) is 17.8. The van der Waals surface area contributed by atoms with Gasteiger partial charge in [0, 0.05) is 6.07 Å². The van der Waals surface area contributed by atoms with Gasteiger partial charge in [-0.3, -0.25) is 24.3 Å². The average molecular weight is 363 g/mol. The molecule has 2 heterocycles. The van der Waals surface area contributed by atoms with Crippen LogP contribution in [0.25, 0.3) is 5.69 Å². The maximum absolute atomic E-state index is 13.2. The summed E-state index contributed by atoms with van der Waals surface area (Å²) in [5.41, 5.74) is 3.51. The Morgan fingerprint density at radius 2 is 1.65 bits per heavy atom. The van der Waals surface area contributed by atoms with Gasteiger partial charge in [-0.25, -0.2) is 0 Å². The topological polar surface area (TPSA) is 94.2 Å². The second-order valence-corrected chi connectivity index (χ2v) is 6.40. The Morgan fingerprint density at radius 1 is 1.04 bits per heavy atom. The summed E-state index contributed by atoms with van der Waals surface area (Å²) in [7, 11) is 0. The Labute approximate surface area is 144 Å². The van der Waals surface area contributed by atoms with Crippen LogP contribution < -0.4 is 16.6 Å². The van der Waals surface area contributed by atoms with E-state index in [1.54, 1.807) is 0 Å². The number of hydrogen-bond acceptors (Lipinski definition) is 4. The number of halogens is 3. The number of amides is 2. The average Bonchev–Trinajstić information content (AvgIpc) is 3.31. The van der Waals surface area contributed by atoms with Crippen molar-refractivity contribution in [1.82, 2.24) is 9.88 Å². The fourth-order valence-corrected chi connectivity index (χ4v) is 3.34. The van der Waals surface area contributed by atoms with Crippen LogP contribution in [0.1, 0.15) is 39.1 Å². The van der Waals surface area contributed by atoms with Crippen LogP contribution in [0.3, 0.4) is 0 Å². The molecule has 1 aromatic heterocycles. The van der Waals surface area contributed by atoms with Crippen LogP contribution in [0.4, 0.5) is 19.0 Å². The number of carbonyl (C=O) groups excluding carboxylic acids is 2. The van der Waals surface area contributed by atoms with Crippen molar-refractivity contribution in [1.29, 1.82) is 0 Å². The smallest absolute Gasteiger partial charge is 0.384 e. The summed E-state index contributed by atoms with van der Waals surface area (Å²) < 4.78 is 40.6. The molecular weight excluding hydrogens is 351 g/mol. The third kappa shape index (κ3) is 2.09. The lowest BCUT2D eigenvalue weighted by molar-refractivity contribution is -0.160. The Bertz CT molecular complexity index is 1020. The standard InChI is InChI=1S/C17H12F3N3O3/c18-17(19,20)16(5-6-16)8-1-3-9(4-2-8)23-11(24)7-10-12(13(23)21)15(26)22-14(10)25/h1-4,7H,5-6,21H2,(H,22,25,26). The molecule has 134 valence electrons. The summed E-state index contributed by atoms with van der Waals surface area (Å²) in [6, 6.07) is 6.29. The molecule has 1 aliphatic carbocycles. The predicted molar refractivity (Wildman–Crippen MR) is 85.2 cm³/mol. The fourth-order valence-electron chi connectivity index (χ4n) is 3.34. The number of anilines is 1. The van der Waals surface area contributed by atoms with E-state index >= 15 is 0 Å². The minimum atomic E-state index is -4.34. The third-order valence-electron chi connectivity index (χ3n) is 4.92. The van der Waals surface area contributed by atoms with Crippen LogP contribution >= 0.6 is 0 Å². The van der Waals surface area contributed by atoms with Crippen molar-refractivity contribution in [3.8, 4) is 5.69 Å². The lowest BCUT2D eigenvalue weighted by Gasteiger charge is -2.20. The van der Waals surface area contributed by atoms with Crippen LogP contribution in [0.15, 0.2) is 35.1 Å². The number of imide groups is 1. The minimum absolute atomic E-state index is 0.0268.